The Hall–Kier alpha value is -0.0365. The molecule has 0 aromatic rings. The maximum absolute atomic E-state index is 9.06. The first-order valence-electron chi connectivity index (χ1n) is 0.651. The minimum atomic E-state index is -0.708. The number of rotatable bonds is 0. The molecule has 0 spiro atoms. The average molecular weight is 103 g/mol. The van der Waals surface area contributed by atoms with E-state index in [9.17, 15) is 0 Å². The van der Waals surface area contributed by atoms with E-state index in [-0.39, 0.29) is 0 Å². The normalized spacial score (nSPS) is 6.50. The first kappa shape index (κ1) is 3.96. The Morgan fingerprint density at radius 1 is 2.00 bits per heavy atom. The van der Waals surface area contributed by atoms with E-state index in [1.54, 1.807) is 0 Å². The van der Waals surface area contributed by atoms with Gasteiger partial charge in [-0.25, -0.2) is 0 Å². The zero-order valence-electron chi connectivity index (χ0n) is 1.80. The Bertz CT molecular complexity index is 31.0. The van der Waals surface area contributed by atoms with Crippen LogP contribution in [0.1, 0.15) is 0 Å². The SMILES string of the molecule is N[C](=O)[Ni]. The van der Waals surface area contributed by atoms with Crippen LogP contribution in [0.15, 0.2) is 0 Å². The van der Waals surface area contributed by atoms with Gasteiger partial charge in [0, 0.05) is 0 Å². The van der Waals surface area contributed by atoms with Gasteiger partial charge in [0.25, 0.3) is 0 Å². The fourth-order valence-electron chi connectivity index (χ4n) is 0. The summed E-state index contributed by atoms with van der Waals surface area (Å²) in [5, 5.41) is 0. The van der Waals surface area contributed by atoms with Gasteiger partial charge in [-0.3, -0.25) is 0 Å². The molecule has 0 heterocycles. The zero-order chi connectivity index (χ0) is 3.58. The van der Waals surface area contributed by atoms with E-state index in [0.717, 1.165) is 0 Å². The van der Waals surface area contributed by atoms with E-state index in [1.807, 2.05) is 0 Å². The predicted molar refractivity (Wildman–Crippen MR) is 9.58 cm³/mol. The third-order valence-corrected chi connectivity index (χ3v) is 0. The van der Waals surface area contributed by atoms with Gasteiger partial charge in [-0.2, -0.15) is 0 Å². The van der Waals surface area contributed by atoms with Gasteiger partial charge >= 0.3 is 30.9 Å². The zero-order valence-corrected chi connectivity index (χ0v) is 2.79. The summed E-state index contributed by atoms with van der Waals surface area (Å²) in [4.78, 5) is 8.35. The number of primary amides is 1. The number of hydrogen-bond acceptors (Lipinski definition) is 1. The molecule has 0 aromatic heterocycles. The topological polar surface area (TPSA) is 43.1 Å². The van der Waals surface area contributed by atoms with Crippen molar-refractivity contribution in [3.05, 3.63) is 0 Å². The molecule has 0 saturated heterocycles. The van der Waals surface area contributed by atoms with Crippen LogP contribution in [0, 0.1) is 0 Å². The van der Waals surface area contributed by atoms with Crippen LogP contribution in [-0.4, -0.2) is 4.88 Å². The predicted octanol–water partition coefficient (Wildman–Crippen LogP) is -0.388. The van der Waals surface area contributed by atoms with Crippen molar-refractivity contribution in [2.45, 2.75) is 0 Å². The second-order valence-corrected chi connectivity index (χ2v) is 0.760. The molecular weight excluding hydrogens is 101 g/mol. The van der Waals surface area contributed by atoms with E-state index >= 15 is 0 Å². The second-order valence-electron chi connectivity index (χ2n) is 0.274. The van der Waals surface area contributed by atoms with Crippen LogP contribution in [0.25, 0.3) is 0 Å². The molecule has 0 aliphatic heterocycles. The quantitative estimate of drug-likeness (QED) is 0.416. The third kappa shape index (κ3) is 1370. The van der Waals surface area contributed by atoms with Crippen LogP contribution in [0.5, 0.6) is 0 Å². The van der Waals surface area contributed by atoms with Gasteiger partial charge in [0.05, 0.1) is 0 Å². The first-order valence-corrected chi connectivity index (χ1v) is 1.14. The summed E-state index contributed by atoms with van der Waals surface area (Å²) < 4.78 is 0. The molecule has 0 aliphatic carbocycles. The Morgan fingerprint density at radius 3 is 2.00 bits per heavy atom. The monoisotopic (exact) mass is 102 g/mol. The van der Waals surface area contributed by atoms with Gasteiger partial charge in [-0.15, -0.1) is 0 Å². The van der Waals surface area contributed by atoms with Crippen molar-refractivity contribution in [1.82, 2.24) is 0 Å². The molecule has 0 bridgehead atoms. The summed E-state index contributed by atoms with van der Waals surface area (Å²) in [6.07, 6.45) is 0. The fraction of sp³-hybridized carbons (Fsp3) is 0. The van der Waals surface area contributed by atoms with Crippen LogP contribution in [0.3, 0.4) is 0 Å². The second kappa shape index (κ2) is 1.30. The number of amides is 1. The fourth-order valence-corrected chi connectivity index (χ4v) is 0. The van der Waals surface area contributed by atoms with E-state index in [4.69, 9.17) is 4.79 Å². The molecule has 0 aromatic carbocycles. The molecule has 0 rings (SSSR count). The molecule has 4 heavy (non-hydrogen) atoms. The standard InChI is InChI=1S/CH2NO.Ni/c2-1-3;/h(H2,2,3);. The molecule has 0 aliphatic rings. The molecule has 27 valence electrons. The van der Waals surface area contributed by atoms with Crippen molar-refractivity contribution < 1.29 is 20.3 Å². The van der Waals surface area contributed by atoms with Crippen LogP contribution < -0.4 is 5.73 Å². The summed E-state index contributed by atoms with van der Waals surface area (Å²) in [5.74, 6) is 0. The van der Waals surface area contributed by atoms with Gasteiger partial charge in [-0.05, 0) is 0 Å². The number of carbonyl (C=O) groups is 1. The molecule has 0 unspecified atom stereocenters. The Balaban J connectivity index is 2.80. The van der Waals surface area contributed by atoms with Crippen molar-refractivity contribution in [3.63, 3.8) is 0 Å². The van der Waals surface area contributed by atoms with E-state index in [2.05, 4.69) is 21.2 Å². The molecule has 2 nitrogen and oxygen atoms in total. The van der Waals surface area contributed by atoms with Crippen LogP contribution in [-0.2, 0) is 15.5 Å². The average Bonchev–Trinajstić information content (AvgIpc) is 0.811. The van der Waals surface area contributed by atoms with Crippen molar-refractivity contribution in [2.75, 3.05) is 0 Å². The Labute approximate surface area is 31.7 Å². The van der Waals surface area contributed by atoms with E-state index < -0.39 is 4.88 Å². The van der Waals surface area contributed by atoms with E-state index in [1.165, 1.54) is 0 Å². The van der Waals surface area contributed by atoms with Gasteiger partial charge in [0.2, 0.25) is 0 Å². The molecule has 0 atom stereocenters. The number of hydrogen-bond donors (Lipinski definition) is 1. The van der Waals surface area contributed by atoms with Gasteiger partial charge in [-0.1, -0.05) is 0 Å². The van der Waals surface area contributed by atoms with Crippen molar-refractivity contribution in [1.29, 1.82) is 0 Å². The molecule has 0 fully saturated rings. The number of carbonyl (C=O) groups excluding carboxylic acids is 1. The van der Waals surface area contributed by atoms with Crippen LogP contribution in [0.2, 0.25) is 0 Å². The Morgan fingerprint density at radius 2 is 2.00 bits per heavy atom. The Kier molecular flexibility index (Phi) is 1.29. The molecule has 0 radical (unpaired) electrons. The molecule has 0 saturated carbocycles. The molecular formula is CH2NNiO. The van der Waals surface area contributed by atoms with E-state index in [0.29, 0.717) is 0 Å². The molecule has 3 heteroatoms. The van der Waals surface area contributed by atoms with Gasteiger partial charge in [0.15, 0.2) is 0 Å². The van der Waals surface area contributed by atoms with Gasteiger partial charge < -0.3 is 0 Å². The summed E-state index contributed by atoms with van der Waals surface area (Å²) >= 11 is 3.51. The molecule has 1 amide bonds. The number of nitrogens with two attached hydrogens (primary N) is 1. The first-order chi connectivity index (χ1) is 1.73. The summed E-state index contributed by atoms with van der Waals surface area (Å²) in [5.41, 5.74) is 4.31. The maximum atomic E-state index is 9.06. The van der Waals surface area contributed by atoms with Crippen molar-refractivity contribution in [3.8, 4) is 0 Å². The third-order valence-electron chi connectivity index (χ3n) is 0. The minimum absolute atomic E-state index is 0.708. The summed E-state index contributed by atoms with van der Waals surface area (Å²) in [6, 6.07) is 0. The summed E-state index contributed by atoms with van der Waals surface area (Å²) in [7, 11) is 0. The van der Waals surface area contributed by atoms with Crippen molar-refractivity contribution >= 4 is 4.88 Å². The van der Waals surface area contributed by atoms with Crippen LogP contribution in [0.4, 0.5) is 4.79 Å². The van der Waals surface area contributed by atoms with Gasteiger partial charge in [0.1, 0.15) is 0 Å². The van der Waals surface area contributed by atoms with Crippen molar-refractivity contribution in [2.24, 2.45) is 5.73 Å². The summed E-state index contributed by atoms with van der Waals surface area (Å²) in [6.45, 7) is 0. The molecule has 2 N–H and O–H groups in total. The van der Waals surface area contributed by atoms with Crippen LogP contribution >= 0.6 is 0 Å².